The topological polar surface area (TPSA) is 187 Å². The number of aliphatic hydroxyl groups is 1. The number of carboxylic acid groups (broad SMARTS) is 1. The molecule has 2 spiro atoms. The molecule has 242 valence electrons. The van der Waals surface area contributed by atoms with E-state index in [0.29, 0.717) is 17.9 Å². The number of carbonyl (C=O) groups excluding carboxylic acids is 4. The van der Waals surface area contributed by atoms with Gasteiger partial charge in [-0.05, 0) is 51.4 Å². The van der Waals surface area contributed by atoms with Crippen molar-refractivity contribution in [2.75, 3.05) is 20.7 Å². The van der Waals surface area contributed by atoms with Crippen molar-refractivity contribution in [1.29, 1.82) is 0 Å². The summed E-state index contributed by atoms with van der Waals surface area (Å²) in [7, 11) is 3.53. The molecule has 14 nitrogen and oxygen atoms in total. The zero-order valence-electron chi connectivity index (χ0n) is 25.6. The van der Waals surface area contributed by atoms with Gasteiger partial charge in [-0.2, -0.15) is 0 Å². The number of nitrogens with one attached hydrogen (secondary N) is 1. The SMILES string of the molecule is COc1ccc2c3c1O[C@H]1C(OC(=O)C[C@H](OC(C)=O)C(=O)O[C@@H](C)C(=O)N[C@@H](C)C(=O)O)=CC[C@@]4(O)[C@@H]5N(C)CC5(C2)C[C@]314. The number of amides is 1. The average molecular weight is 629 g/mol. The minimum Gasteiger partial charge on any atom is -0.493 e. The second-order valence-electron chi connectivity index (χ2n) is 12.8. The molecule has 14 heteroatoms. The van der Waals surface area contributed by atoms with Crippen LogP contribution in [0.5, 0.6) is 11.5 Å². The molecule has 0 radical (unpaired) electrons. The lowest BCUT2D eigenvalue weighted by molar-refractivity contribution is -0.175. The number of carboxylic acids is 1. The molecular formula is C31H36N2O12. The highest BCUT2D eigenvalue weighted by Crippen LogP contribution is 2.75. The van der Waals surface area contributed by atoms with Gasteiger partial charge in [0.15, 0.2) is 23.7 Å². The molecule has 1 saturated carbocycles. The molecule has 1 aromatic carbocycles. The maximum atomic E-state index is 13.3. The lowest BCUT2D eigenvalue weighted by atomic mass is 9.59. The van der Waals surface area contributed by atoms with Crippen LogP contribution in [0.3, 0.4) is 0 Å². The number of hydrogen-bond donors (Lipinski definition) is 3. The molecule has 45 heavy (non-hydrogen) atoms. The molecule has 2 bridgehead atoms. The lowest BCUT2D eigenvalue weighted by Gasteiger charge is -2.56. The molecule has 5 aliphatic rings. The first-order valence-corrected chi connectivity index (χ1v) is 14.8. The highest BCUT2D eigenvalue weighted by molar-refractivity contribution is 5.89. The molecule has 1 amide bonds. The maximum Gasteiger partial charge on any atom is 0.348 e. The molecule has 2 heterocycles. The normalized spacial score (nSPS) is 31.8. The van der Waals surface area contributed by atoms with Crippen LogP contribution in [0, 0.1) is 5.41 Å². The second-order valence-corrected chi connectivity index (χ2v) is 12.8. The summed E-state index contributed by atoms with van der Waals surface area (Å²) in [6.07, 6.45) is -1.56. The summed E-state index contributed by atoms with van der Waals surface area (Å²) in [6.45, 7) is 4.29. The summed E-state index contributed by atoms with van der Waals surface area (Å²) in [5, 5.41) is 23.7. The fraction of sp³-hybridized carbons (Fsp3) is 0.581. The van der Waals surface area contributed by atoms with E-state index < -0.39 is 71.6 Å². The highest BCUT2D eigenvalue weighted by Gasteiger charge is 2.82. The molecule has 6 rings (SSSR count). The zero-order chi connectivity index (χ0) is 32.6. The molecular weight excluding hydrogens is 592 g/mol. The Balaban J connectivity index is 1.23. The fourth-order valence-corrected chi connectivity index (χ4v) is 8.54. The minimum atomic E-state index is -1.75. The molecule has 1 unspecified atom stereocenters. The van der Waals surface area contributed by atoms with E-state index in [0.717, 1.165) is 31.0 Å². The van der Waals surface area contributed by atoms with E-state index in [-0.39, 0.29) is 23.6 Å². The van der Waals surface area contributed by atoms with Gasteiger partial charge in [-0.3, -0.25) is 24.1 Å². The first kappa shape index (κ1) is 30.8. The van der Waals surface area contributed by atoms with Crippen LogP contribution in [-0.2, 0) is 50.0 Å². The van der Waals surface area contributed by atoms with E-state index >= 15 is 0 Å². The minimum absolute atomic E-state index is 0.130. The quantitative estimate of drug-likeness (QED) is 0.238. The van der Waals surface area contributed by atoms with Gasteiger partial charge in [-0.25, -0.2) is 4.79 Å². The predicted molar refractivity (Wildman–Crippen MR) is 151 cm³/mol. The number of carbonyl (C=O) groups is 5. The van der Waals surface area contributed by atoms with Crippen LogP contribution >= 0.6 is 0 Å². The van der Waals surface area contributed by atoms with Crippen molar-refractivity contribution < 1.29 is 57.9 Å². The number of ether oxygens (including phenoxy) is 5. The third kappa shape index (κ3) is 4.40. The number of fused-ring (bicyclic) bond motifs is 1. The zero-order valence-corrected chi connectivity index (χ0v) is 25.6. The van der Waals surface area contributed by atoms with Crippen LogP contribution in [0.2, 0.25) is 0 Å². The Morgan fingerprint density at radius 2 is 1.91 bits per heavy atom. The van der Waals surface area contributed by atoms with Crippen LogP contribution in [0.25, 0.3) is 0 Å². The summed E-state index contributed by atoms with van der Waals surface area (Å²) >= 11 is 0. The Hall–Kier alpha value is -4.17. The molecule has 2 fully saturated rings. The average Bonchev–Trinajstić information content (AvgIpc) is 3.38. The Morgan fingerprint density at radius 3 is 2.56 bits per heavy atom. The first-order chi connectivity index (χ1) is 21.2. The Kier molecular flexibility index (Phi) is 7.16. The highest BCUT2D eigenvalue weighted by atomic mass is 16.6. The molecule has 1 aromatic rings. The number of hydrogen-bond acceptors (Lipinski definition) is 12. The third-order valence-corrected chi connectivity index (χ3v) is 9.96. The van der Waals surface area contributed by atoms with Crippen molar-refractivity contribution in [3.05, 3.63) is 35.1 Å². The Bertz CT molecular complexity index is 1540. The van der Waals surface area contributed by atoms with E-state index in [2.05, 4.69) is 10.2 Å². The van der Waals surface area contributed by atoms with Crippen LogP contribution in [0.15, 0.2) is 24.0 Å². The second kappa shape index (κ2) is 10.4. The van der Waals surface area contributed by atoms with Crippen molar-refractivity contribution in [3.8, 4) is 11.5 Å². The Labute approximate surface area is 258 Å². The van der Waals surface area contributed by atoms with Crippen molar-refractivity contribution in [3.63, 3.8) is 0 Å². The van der Waals surface area contributed by atoms with Gasteiger partial charge in [-0.1, -0.05) is 6.07 Å². The van der Waals surface area contributed by atoms with Gasteiger partial charge in [-0.15, -0.1) is 0 Å². The van der Waals surface area contributed by atoms with Gasteiger partial charge in [0, 0.05) is 36.9 Å². The van der Waals surface area contributed by atoms with Crippen molar-refractivity contribution >= 4 is 29.8 Å². The number of likely N-dealkylation sites (N-methyl/N-ethyl adjacent to an activating group) is 1. The van der Waals surface area contributed by atoms with Crippen molar-refractivity contribution in [1.82, 2.24) is 10.2 Å². The monoisotopic (exact) mass is 628 g/mol. The number of rotatable bonds is 10. The summed E-state index contributed by atoms with van der Waals surface area (Å²) in [6, 6.07) is 2.48. The summed E-state index contributed by atoms with van der Waals surface area (Å²) in [5.74, 6) is -4.01. The predicted octanol–water partition coefficient (Wildman–Crippen LogP) is 0.359. The van der Waals surface area contributed by atoms with Gasteiger partial charge < -0.3 is 39.2 Å². The number of esters is 3. The molecule has 8 atom stereocenters. The number of methoxy groups -OCH3 is 1. The number of benzene rings is 1. The third-order valence-electron chi connectivity index (χ3n) is 9.96. The molecule has 1 saturated heterocycles. The van der Waals surface area contributed by atoms with E-state index in [1.807, 2.05) is 19.2 Å². The van der Waals surface area contributed by atoms with Crippen molar-refractivity contribution in [2.24, 2.45) is 5.41 Å². The van der Waals surface area contributed by atoms with Gasteiger partial charge in [0.05, 0.1) is 24.5 Å². The molecule has 2 aliphatic heterocycles. The van der Waals surface area contributed by atoms with Crippen LogP contribution in [-0.4, -0.2) is 102 Å². The van der Waals surface area contributed by atoms with Gasteiger partial charge >= 0.3 is 23.9 Å². The van der Waals surface area contributed by atoms with E-state index in [9.17, 15) is 29.1 Å². The van der Waals surface area contributed by atoms with Gasteiger partial charge in [0.2, 0.25) is 6.10 Å². The number of aliphatic carboxylic acids is 1. The van der Waals surface area contributed by atoms with Gasteiger partial charge in [0.1, 0.15) is 11.8 Å². The smallest absolute Gasteiger partial charge is 0.348 e. The largest absolute Gasteiger partial charge is 0.493 e. The first-order valence-electron chi connectivity index (χ1n) is 14.8. The lowest BCUT2D eigenvalue weighted by Crippen LogP contribution is -2.70. The van der Waals surface area contributed by atoms with Crippen LogP contribution in [0.1, 0.15) is 51.2 Å². The van der Waals surface area contributed by atoms with Crippen LogP contribution < -0.4 is 14.8 Å². The standard InChI is InChI=1S/C31H36N2O12/c1-14(26(37)38)32-25(36)15(2)42-27(39)20(43-16(3)34)10-21(35)44-19-8-9-31(40)28-29(13-33(28)4)11-17-6-7-18(41-5)23-22(17)30(31,12-29)24(19)45-23/h6-8,14-15,20,24,28,40H,9-13H2,1-5H3,(H,32,36)(H,37,38)/t14-,15-,20-,24-,28+,29?,30-,31+/m0/s1. The fourth-order valence-electron chi connectivity index (χ4n) is 8.54. The number of likely N-dealkylation sites (tertiary alicyclic amines) is 1. The van der Waals surface area contributed by atoms with Crippen molar-refractivity contribution in [2.45, 2.75) is 87.9 Å². The summed E-state index contributed by atoms with van der Waals surface area (Å²) in [4.78, 5) is 63.5. The molecule has 3 N–H and O–H groups in total. The molecule has 3 aliphatic carbocycles. The number of nitrogens with zero attached hydrogens (tertiary/aromatic N) is 1. The summed E-state index contributed by atoms with van der Waals surface area (Å²) < 4.78 is 28.1. The van der Waals surface area contributed by atoms with Crippen LogP contribution in [0.4, 0.5) is 0 Å². The van der Waals surface area contributed by atoms with E-state index in [1.165, 1.54) is 21.0 Å². The summed E-state index contributed by atoms with van der Waals surface area (Å²) in [5.41, 5.74) is -0.349. The van der Waals surface area contributed by atoms with Gasteiger partial charge in [0.25, 0.3) is 5.91 Å². The molecule has 0 aromatic heterocycles. The van der Waals surface area contributed by atoms with E-state index in [4.69, 9.17) is 28.8 Å². The van der Waals surface area contributed by atoms with E-state index in [1.54, 1.807) is 6.08 Å². The Morgan fingerprint density at radius 1 is 1.18 bits per heavy atom. The maximum absolute atomic E-state index is 13.3.